The third-order valence-electron chi connectivity index (χ3n) is 4.02. The largest absolute Gasteiger partial charge is 0.370 e. The summed E-state index contributed by atoms with van der Waals surface area (Å²) in [6, 6.07) is 0. The Balaban J connectivity index is 1.65. The first-order chi connectivity index (χ1) is 8.20. The molecule has 3 N–H and O–H groups in total. The number of nitrogens with one attached hydrogen (secondary N) is 1. The third-order valence-corrected chi connectivity index (χ3v) is 4.02. The maximum Gasteiger partial charge on any atom is 0.218 e. The van der Waals surface area contributed by atoms with Crippen molar-refractivity contribution in [1.29, 1.82) is 0 Å². The second-order valence-electron chi connectivity index (χ2n) is 5.44. The van der Waals surface area contributed by atoms with Crippen LogP contribution in [0.25, 0.3) is 0 Å². The van der Waals surface area contributed by atoms with E-state index in [1.807, 2.05) is 0 Å². The van der Waals surface area contributed by atoms with E-state index in [1.165, 1.54) is 38.5 Å². The molecule has 1 saturated carbocycles. The van der Waals surface area contributed by atoms with Gasteiger partial charge in [0.05, 0.1) is 11.7 Å². The third kappa shape index (κ3) is 3.68. The first-order valence-corrected chi connectivity index (χ1v) is 6.87. The van der Waals surface area contributed by atoms with Crippen LogP contribution in [0, 0.1) is 0 Å². The summed E-state index contributed by atoms with van der Waals surface area (Å²) in [7, 11) is 0. The van der Waals surface area contributed by atoms with Crippen LogP contribution in [0.15, 0.2) is 0 Å². The zero-order valence-electron chi connectivity index (χ0n) is 10.5. The zero-order chi connectivity index (χ0) is 12.1. The molecule has 1 aliphatic heterocycles. The molecule has 4 nitrogen and oxygen atoms in total. The minimum Gasteiger partial charge on any atom is -0.370 e. The maximum atomic E-state index is 10.6. The van der Waals surface area contributed by atoms with Gasteiger partial charge < -0.3 is 15.8 Å². The molecule has 0 radical (unpaired) electrons. The summed E-state index contributed by atoms with van der Waals surface area (Å²) in [6.07, 6.45) is 9.61. The highest BCUT2D eigenvalue weighted by Gasteiger charge is 2.40. The molecule has 17 heavy (non-hydrogen) atoms. The van der Waals surface area contributed by atoms with Gasteiger partial charge in [0.25, 0.3) is 0 Å². The van der Waals surface area contributed by atoms with Crippen LogP contribution in [0.5, 0.6) is 0 Å². The standard InChI is InChI=1S/C13H24N2O2/c14-12(16)5-9-15-10-11-4-8-13(17-11)6-2-1-3-7-13/h11,15H,1-10H2,(H2,14,16). The van der Waals surface area contributed by atoms with Crippen molar-refractivity contribution in [2.45, 2.75) is 63.1 Å². The van der Waals surface area contributed by atoms with E-state index in [2.05, 4.69) is 5.32 Å². The highest BCUT2D eigenvalue weighted by molar-refractivity contribution is 5.73. The number of carbonyl (C=O) groups excluding carboxylic acids is 1. The first kappa shape index (κ1) is 12.8. The van der Waals surface area contributed by atoms with Crippen LogP contribution in [-0.2, 0) is 9.53 Å². The second-order valence-corrected chi connectivity index (χ2v) is 5.44. The second kappa shape index (κ2) is 5.83. The van der Waals surface area contributed by atoms with Crippen LogP contribution >= 0.6 is 0 Å². The quantitative estimate of drug-likeness (QED) is 0.713. The Morgan fingerprint density at radius 2 is 2.06 bits per heavy atom. The molecule has 0 aromatic heterocycles. The van der Waals surface area contributed by atoms with Gasteiger partial charge in [-0.05, 0) is 25.7 Å². The Hall–Kier alpha value is -0.610. The van der Waals surface area contributed by atoms with Gasteiger partial charge in [-0.3, -0.25) is 4.79 Å². The van der Waals surface area contributed by atoms with Crippen molar-refractivity contribution < 1.29 is 9.53 Å². The van der Waals surface area contributed by atoms with Crippen LogP contribution in [-0.4, -0.2) is 30.7 Å². The maximum absolute atomic E-state index is 10.6. The molecule has 1 unspecified atom stereocenters. The summed E-state index contributed by atoms with van der Waals surface area (Å²) in [5.41, 5.74) is 5.29. The Labute approximate surface area is 103 Å². The summed E-state index contributed by atoms with van der Waals surface area (Å²) < 4.78 is 6.22. The predicted molar refractivity (Wildman–Crippen MR) is 66.6 cm³/mol. The van der Waals surface area contributed by atoms with E-state index in [9.17, 15) is 4.79 Å². The van der Waals surface area contributed by atoms with Gasteiger partial charge in [0.1, 0.15) is 0 Å². The highest BCUT2D eigenvalue weighted by Crippen LogP contribution is 2.41. The zero-order valence-corrected chi connectivity index (χ0v) is 10.5. The van der Waals surface area contributed by atoms with E-state index in [1.54, 1.807) is 0 Å². The average molecular weight is 240 g/mol. The summed E-state index contributed by atoms with van der Waals surface area (Å²) in [4.78, 5) is 10.6. The molecule has 0 aromatic carbocycles. The molecule has 1 saturated heterocycles. The van der Waals surface area contributed by atoms with Gasteiger partial charge in [-0.25, -0.2) is 0 Å². The van der Waals surface area contributed by atoms with Crippen LogP contribution < -0.4 is 11.1 Å². The summed E-state index contributed by atoms with van der Waals surface area (Å²) in [6.45, 7) is 1.53. The molecule has 2 rings (SSSR count). The molecule has 0 aromatic rings. The number of hydrogen-bond acceptors (Lipinski definition) is 3. The first-order valence-electron chi connectivity index (χ1n) is 6.87. The molecule has 1 aliphatic carbocycles. The molecular weight excluding hydrogens is 216 g/mol. The number of rotatable bonds is 5. The van der Waals surface area contributed by atoms with E-state index in [0.29, 0.717) is 19.1 Å². The minimum absolute atomic E-state index is 0.203. The lowest BCUT2D eigenvalue weighted by Crippen LogP contribution is -2.35. The van der Waals surface area contributed by atoms with Gasteiger partial charge in [0.15, 0.2) is 0 Å². The topological polar surface area (TPSA) is 64.4 Å². The lowest BCUT2D eigenvalue weighted by molar-refractivity contribution is -0.118. The molecule has 0 bridgehead atoms. The molecule has 1 spiro atoms. The smallest absolute Gasteiger partial charge is 0.218 e. The minimum atomic E-state index is -0.242. The van der Waals surface area contributed by atoms with E-state index >= 15 is 0 Å². The van der Waals surface area contributed by atoms with Crippen molar-refractivity contribution in [2.24, 2.45) is 5.73 Å². The predicted octanol–water partition coefficient (Wildman–Crippen LogP) is 1.33. The molecular formula is C13H24N2O2. The molecule has 1 heterocycles. The van der Waals surface area contributed by atoms with Crippen LogP contribution in [0.1, 0.15) is 51.4 Å². The fourth-order valence-corrected chi connectivity index (χ4v) is 3.08. The Kier molecular flexibility index (Phi) is 4.40. The fraction of sp³-hybridized carbons (Fsp3) is 0.923. The van der Waals surface area contributed by atoms with Crippen molar-refractivity contribution in [1.82, 2.24) is 5.32 Å². The fourth-order valence-electron chi connectivity index (χ4n) is 3.08. The van der Waals surface area contributed by atoms with Crippen molar-refractivity contribution in [3.05, 3.63) is 0 Å². The average Bonchev–Trinajstić information content (AvgIpc) is 2.69. The SMILES string of the molecule is NC(=O)CCNCC1CCC2(CCCCC2)O1. The van der Waals surface area contributed by atoms with Gasteiger partial charge in [-0.15, -0.1) is 0 Å². The molecule has 1 atom stereocenters. The van der Waals surface area contributed by atoms with Crippen molar-refractivity contribution >= 4 is 5.91 Å². The lowest BCUT2D eigenvalue weighted by atomic mass is 9.83. The molecule has 2 fully saturated rings. The molecule has 2 aliphatic rings. The monoisotopic (exact) mass is 240 g/mol. The van der Waals surface area contributed by atoms with Crippen LogP contribution in [0.2, 0.25) is 0 Å². The van der Waals surface area contributed by atoms with Gasteiger partial charge in [-0.2, -0.15) is 0 Å². The van der Waals surface area contributed by atoms with E-state index in [4.69, 9.17) is 10.5 Å². The van der Waals surface area contributed by atoms with Crippen molar-refractivity contribution in [3.8, 4) is 0 Å². The normalized spacial score (nSPS) is 27.4. The van der Waals surface area contributed by atoms with Gasteiger partial charge in [0, 0.05) is 19.5 Å². The highest BCUT2D eigenvalue weighted by atomic mass is 16.5. The van der Waals surface area contributed by atoms with Crippen molar-refractivity contribution in [3.63, 3.8) is 0 Å². The Morgan fingerprint density at radius 3 is 2.76 bits per heavy atom. The summed E-state index contributed by atoms with van der Waals surface area (Å²) >= 11 is 0. The number of ether oxygens (including phenoxy) is 1. The van der Waals surface area contributed by atoms with Gasteiger partial charge in [0.2, 0.25) is 5.91 Å². The van der Waals surface area contributed by atoms with Crippen LogP contribution in [0.3, 0.4) is 0 Å². The molecule has 4 heteroatoms. The number of primary amides is 1. The van der Waals surface area contributed by atoms with Crippen LogP contribution in [0.4, 0.5) is 0 Å². The van der Waals surface area contributed by atoms with E-state index < -0.39 is 0 Å². The summed E-state index contributed by atoms with van der Waals surface area (Å²) in [5, 5.41) is 3.25. The van der Waals surface area contributed by atoms with E-state index in [0.717, 1.165) is 13.0 Å². The summed E-state index contributed by atoms with van der Waals surface area (Å²) in [5.74, 6) is -0.242. The van der Waals surface area contributed by atoms with E-state index in [-0.39, 0.29) is 11.5 Å². The van der Waals surface area contributed by atoms with Gasteiger partial charge >= 0.3 is 0 Å². The number of carbonyl (C=O) groups is 1. The number of amides is 1. The molecule has 98 valence electrons. The van der Waals surface area contributed by atoms with Crippen molar-refractivity contribution in [2.75, 3.05) is 13.1 Å². The van der Waals surface area contributed by atoms with Gasteiger partial charge in [-0.1, -0.05) is 19.3 Å². The molecule has 1 amide bonds. The number of hydrogen-bond donors (Lipinski definition) is 2. The Bertz CT molecular complexity index is 262. The number of nitrogens with two attached hydrogens (primary N) is 1. The Morgan fingerprint density at radius 1 is 1.29 bits per heavy atom. The lowest BCUT2D eigenvalue weighted by Gasteiger charge is -2.33.